The second-order valence-electron chi connectivity index (χ2n) is 6.07. The van der Waals surface area contributed by atoms with Crippen molar-refractivity contribution in [1.82, 2.24) is 0 Å². The van der Waals surface area contributed by atoms with Gasteiger partial charge in [-0.05, 0) is 36.1 Å². The fraction of sp³-hybridized carbons (Fsp3) is 1.00. The summed E-state index contributed by atoms with van der Waals surface area (Å²) >= 11 is 0. The van der Waals surface area contributed by atoms with Crippen molar-refractivity contribution in [1.29, 1.82) is 0 Å². The molecular weight excluding hydrogens is 158 g/mol. The Morgan fingerprint density at radius 2 is 1.46 bits per heavy atom. The Kier molecular flexibility index (Phi) is 4.44. The SMILES string of the molecule is CC(C)C(C)(CN)CCC(C)(C)C. The minimum atomic E-state index is 0.327. The molecule has 0 aromatic rings. The first-order chi connectivity index (χ1) is 5.71. The molecule has 0 saturated heterocycles. The predicted molar refractivity (Wildman–Crippen MR) is 60.7 cm³/mol. The fourth-order valence-electron chi connectivity index (χ4n) is 1.29. The van der Waals surface area contributed by atoms with E-state index >= 15 is 0 Å². The van der Waals surface area contributed by atoms with Crippen LogP contribution >= 0.6 is 0 Å². The maximum absolute atomic E-state index is 5.84. The molecule has 0 aromatic heterocycles. The predicted octanol–water partition coefficient (Wildman–Crippen LogP) is 3.43. The van der Waals surface area contributed by atoms with Crippen molar-refractivity contribution < 1.29 is 0 Å². The monoisotopic (exact) mass is 185 g/mol. The molecule has 80 valence electrons. The van der Waals surface area contributed by atoms with Gasteiger partial charge in [0.2, 0.25) is 0 Å². The highest BCUT2D eigenvalue weighted by Gasteiger charge is 2.28. The van der Waals surface area contributed by atoms with Gasteiger partial charge in [-0.25, -0.2) is 0 Å². The maximum atomic E-state index is 5.84. The lowest BCUT2D eigenvalue weighted by Crippen LogP contribution is -2.33. The molecule has 0 bridgehead atoms. The van der Waals surface area contributed by atoms with Crippen LogP contribution in [0.3, 0.4) is 0 Å². The molecule has 0 aliphatic heterocycles. The van der Waals surface area contributed by atoms with Crippen LogP contribution in [-0.4, -0.2) is 6.54 Å². The van der Waals surface area contributed by atoms with Gasteiger partial charge in [-0.15, -0.1) is 0 Å². The summed E-state index contributed by atoms with van der Waals surface area (Å²) in [7, 11) is 0. The minimum absolute atomic E-state index is 0.327. The van der Waals surface area contributed by atoms with E-state index in [-0.39, 0.29) is 0 Å². The normalized spacial score (nSPS) is 17.5. The van der Waals surface area contributed by atoms with Crippen molar-refractivity contribution in [2.75, 3.05) is 6.54 Å². The van der Waals surface area contributed by atoms with E-state index in [1.54, 1.807) is 0 Å². The van der Waals surface area contributed by atoms with Gasteiger partial charge in [0.25, 0.3) is 0 Å². The van der Waals surface area contributed by atoms with Crippen LogP contribution in [0.15, 0.2) is 0 Å². The van der Waals surface area contributed by atoms with Crippen LogP contribution in [0.4, 0.5) is 0 Å². The van der Waals surface area contributed by atoms with Crippen molar-refractivity contribution in [2.45, 2.75) is 54.4 Å². The molecule has 0 aliphatic carbocycles. The zero-order valence-electron chi connectivity index (χ0n) is 10.3. The highest BCUT2D eigenvalue weighted by Crippen LogP contribution is 2.35. The molecule has 13 heavy (non-hydrogen) atoms. The topological polar surface area (TPSA) is 26.0 Å². The molecule has 0 spiro atoms. The molecule has 0 amide bonds. The van der Waals surface area contributed by atoms with Gasteiger partial charge in [0.05, 0.1) is 0 Å². The van der Waals surface area contributed by atoms with Gasteiger partial charge in [0, 0.05) is 0 Å². The molecule has 0 heterocycles. The second kappa shape index (κ2) is 4.45. The average molecular weight is 185 g/mol. The van der Waals surface area contributed by atoms with Crippen molar-refractivity contribution in [3.63, 3.8) is 0 Å². The van der Waals surface area contributed by atoms with Crippen molar-refractivity contribution in [2.24, 2.45) is 22.5 Å². The van der Waals surface area contributed by atoms with Gasteiger partial charge in [0.1, 0.15) is 0 Å². The number of nitrogens with two attached hydrogens (primary N) is 1. The molecule has 0 radical (unpaired) electrons. The lowest BCUT2D eigenvalue weighted by atomic mass is 9.72. The Bertz CT molecular complexity index is 144. The maximum Gasteiger partial charge on any atom is -0.00207 e. The van der Waals surface area contributed by atoms with Gasteiger partial charge in [-0.1, -0.05) is 41.5 Å². The molecule has 1 heteroatoms. The Labute approximate surface area is 84.1 Å². The summed E-state index contributed by atoms with van der Waals surface area (Å²) in [5.41, 5.74) is 6.60. The van der Waals surface area contributed by atoms with E-state index in [0.717, 1.165) is 6.54 Å². The zero-order chi connectivity index (χ0) is 10.7. The molecule has 1 atom stereocenters. The summed E-state index contributed by atoms with van der Waals surface area (Å²) in [6.45, 7) is 14.5. The number of hydrogen-bond donors (Lipinski definition) is 1. The summed E-state index contributed by atoms with van der Waals surface area (Å²) in [5.74, 6) is 0.680. The first-order valence-corrected chi connectivity index (χ1v) is 5.41. The molecule has 1 nitrogen and oxygen atoms in total. The Morgan fingerprint density at radius 1 is 1.00 bits per heavy atom. The Morgan fingerprint density at radius 3 is 1.69 bits per heavy atom. The smallest absolute Gasteiger partial charge is 0.00207 e. The highest BCUT2D eigenvalue weighted by atomic mass is 14.6. The van der Waals surface area contributed by atoms with Crippen molar-refractivity contribution in [3.8, 4) is 0 Å². The van der Waals surface area contributed by atoms with E-state index in [9.17, 15) is 0 Å². The molecule has 0 aromatic carbocycles. The largest absolute Gasteiger partial charge is 0.330 e. The molecular formula is C12H27N. The van der Waals surface area contributed by atoms with E-state index in [1.807, 2.05) is 0 Å². The van der Waals surface area contributed by atoms with Gasteiger partial charge in [-0.3, -0.25) is 0 Å². The minimum Gasteiger partial charge on any atom is -0.330 e. The fourth-order valence-corrected chi connectivity index (χ4v) is 1.29. The van der Waals surface area contributed by atoms with Crippen LogP contribution in [0.5, 0.6) is 0 Å². The summed E-state index contributed by atoms with van der Waals surface area (Å²) in [6, 6.07) is 0. The summed E-state index contributed by atoms with van der Waals surface area (Å²) in [5, 5.41) is 0. The van der Waals surface area contributed by atoms with E-state index < -0.39 is 0 Å². The van der Waals surface area contributed by atoms with Crippen molar-refractivity contribution in [3.05, 3.63) is 0 Å². The van der Waals surface area contributed by atoms with Crippen LogP contribution in [0.1, 0.15) is 54.4 Å². The third-order valence-electron chi connectivity index (χ3n) is 3.31. The number of hydrogen-bond acceptors (Lipinski definition) is 1. The third kappa shape index (κ3) is 4.66. The van der Waals surface area contributed by atoms with E-state index in [2.05, 4.69) is 41.5 Å². The summed E-state index contributed by atoms with van der Waals surface area (Å²) in [4.78, 5) is 0. The molecule has 0 rings (SSSR count). The molecule has 0 aliphatic rings. The molecule has 0 saturated carbocycles. The van der Waals surface area contributed by atoms with Crippen LogP contribution in [0.2, 0.25) is 0 Å². The lowest BCUT2D eigenvalue weighted by molar-refractivity contribution is 0.175. The summed E-state index contributed by atoms with van der Waals surface area (Å²) in [6.07, 6.45) is 2.50. The first-order valence-electron chi connectivity index (χ1n) is 5.41. The van der Waals surface area contributed by atoms with Crippen LogP contribution < -0.4 is 5.73 Å². The lowest BCUT2D eigenvalue weighted by Gasteiger charge is -2.35. The van der Waals surface area contributed by atoms with E-state index in [0.29, 0.717) is 16.7 Å². The standard InChI is InChI=1S/C12H27N/c1-10(2)12(6,9-13)8-7-11(3,4)5/h10H,7-9,13H2,1-6H3. The van der Waals surface area contributed by atoms with Crippen LogP contribution in [0, 0.1) is 16.7 Å². The molecule has 1 unspecified atom stereocenters. The number of rotatable bonds is 4. The van der Waals surface area contributed by atoms with Crippen molar-refractivity contribution >= 4 is 0 Å². The third-order valence-corrected chi connectivity index (χ3v) is 3.31. The zero-order valence-corrected chi connectivity index (χ0v) is 10.3. The quantitative estimate of drug-likeness (QED) is 0.713. The Balaban J connectivity index is 4.14. The highest BCUT2D eigenvalue weighted by molar-refractivity contribution is 4.80. The van der Waals surface area contributed by atoms with Gasteiger partial charge >= 0.3 is 0 Å². The second-order valence-corrected chi connectivity index (χ2v) is 6.07. The summed E-state index contributed by atoms with van der Waals surface area (Å²) < 4.78 is 0. The molecule has 0 fully saturated rings. The Hall–Kier alpha value is -0.0400. The van der Waals surface area contributed by atoms with Gasteiger partial charge in [0.15, 0.2) is 0 Å². The first kappa shape index (κ1) is 13.0. The van der Waals surface area contributed by atoms with Crippen LogP contribution in [0.25, 0.3) is 0 Å². The van der Waals surface area contributed by atoms with E-state index in [1.165, 1.54) is 12.8 Å². The van der Waals surface area contributed by atoms with Crippen LogP contribution in [-0.2, 0) is 0 Å². The molecule has 2 N–H and O–H groups in total. The average Bonchev–Trinajstić information content (AvgIpc) is 1.98. The van der Waals surface area contributed by atoms with E-state index in [4.69, 9.17) is 5.73 Å². The van der Waals surface area contributed by atoms with Gasteiger partial charge in [-0.2, -0.15) is 0 Å². The van der Waals surface area contributed by atoms with Gasteiger partial charge < -0.3 is 5.73 Å².